The van der Waals surface area contributed by atoms with E-state index in [-0.39, 0.29) is 24.1 Å². The number of carbonyl (C=O) groups is 1. The third-order valence-corrected chi connectivity index (χ3v) is 5.45. The van der Waals surface area contributed by atoms with Crippen molar-refractivity contribution in [2.75, 3.05) is 20.6 Å². The van der Waals surface area contributed by atoms with E-state index in [0.717, 1.165) is 17.7 Å². The van der Waals surface area contributed by atoms with Gasteiger partial charge in [-0.1, -0.05) is 24.3 Å². The Hall–Kier alpha value is -2.54. The number of fused-ring (bicyclic) bond motifs is 1. The lowest BCUT2D eigenvalue weighted by Gasteiger charge is -2.38. The summed E-state index contributed by atoms with van der Waals surface area (Å²) in [6.45, 7) is 4.93. The Morgan fingerprint density at radius 1 is 1.29 bits per heavy atom. The molecule has 1 aliphatic rings. The molecule has 7 heteroatoms. The molecule has 150 valence electrons. The third-order valence-electron chi connectivity index (χ3n) is 4.57. The zero-order valence-electron chi connectivity index (χ0n) is 16.9. The molecule has 1 aliphatic heterocycles. The summed E-state index contributed by atoms with van der Waals surface area (Å²) in [5.74, 6) is 1.48. The number of aliphatic imine (C=N–C) groups is 1. The van der Waals surface area contributed by atoms with E-state index in [0.29, 0.717) is 12.5 Å². The fourth-order valence-corrected chi connectivity index (χ4v) is 3.77. The Labute approximate surface area is 170 Å². The Balaban J connectivity index is 1.79. The molecule has 0 aliphatic carbocycles. The standard InChI is InChI=1S/C21H28N4O2S/c1-21(2)12-17(16-9-5-6-10-18(16)27-21)24-20(23-14-19(26)25(3)4)22-13-15-8-7-11-28-15/h5-11,17H,12-14H2,1-4H3,(H2,22,23,24). The quantitative estimate of drug-likeness (QED) is 0.598. The number of nitrogens with one attached hydrogen (secondary N) is 2. The van der Waals surface area contributed by atoms with Crippen molar-refractivity contribution in [1.29, 1.82) is 0 Å². The summed E-state index contributed by atoms with van der Waals surface area (Å²) in [5.41, 5.74) is 0.816. The highest BCUT2D eigenvalue weighted by Gasteiger charge is 2.34. The second kappa shape index (κ2) is 8.65. The van der Waals surface area contributed by atoms with E-state index in [1.54, 1.807) is 30.3 Å². The van der Waals surface area contributed by atoms with Crippen LogP contribution < -0.4 is 15.4 Å². The minimum Gasteiger partial charge on any atom is -0.487 e. The minimum atomic E-state index is -0.287. The predicted molar refractivity (Wildman–Crippen MR) is 114 cm³/mol. The topological polar surface area (TPSA) is 66.0 Å². The molecule has 0 saturated carbocycles. The Kier molecular flexibility index (Phi) is 6.24. The highest BCUT2D eigenvalue weighted by Crippen LogP contribution is 2.39. The molecule has 0 radical (unpaired) electrons. The van der Waals surface area contributed by atoms with Crippen molar-refractivity contribution < 1.29 is 9.53 Å². The molecule has 1 atom stereocenters. The average molecular weight is 401 g/mol. The smallest absolute Gasteiger partial charge is 0.243 e. The summed E-state index contributed by atoms with van der Waals surface area (Å²) in [6.07, 6.45) is 0.797. The van der Waals surface area contributed by atoms with Crippen LogP contribution in [0.5, 0.6) is 5.75 Å². The van der Waals surface area contributed by atoms with Crippen LogP contribution in [0.4, 0.5) is 0 Å². The number of carbonyl (C=O) groups excluding carboxylic acids is 1. The summed E-state index contributed by atoms with van der Waals surface area (Å²) in [7, 11) is 3.47. The molecule has 0 saturated heterocycles. The van der Waals surface area contributed by atoms with Gasteiger partial charge in [0, 0.05) is 31.0 Å². The van der Waals surface area contributed by atoms with Crippen LogP contribution in [0.1, 0.15) is 36.8 Å². The lowest BCUT2D eigenvalue weighted by atomic mass is 9.90. The first-order chi connectivity index (χ1) is 13.3. The number of thiophene rings is 1. The number of rotatable bonds is 5. The zero-order chi connectivity index (χ0) is 20.1. The molecule has 0 spiro atoms. The number of hydrogen-bond donors (Lipinski definition) is 2. The van der Waals surface area contributed by atoms with Gasteiger partial charge in [0.05, 0.1) is 12.6 Å². The third kappa shape index (κ3) is 5.25. The molecule has 2 heterocycles. The van der Waals surface area contributed by atoms with Crippen LogP contribution in [0.15, 0.2) is 46.8 Å². The summed E-state index contributed by atoms with van der Waals surface area (Å²) in [4.78, 5) is 19.3. The number of amides is 1. The van der Waals surface area contributed by atoms with Gasteiger partial charge in [-0.3, -0.25) is 4.79 Å². The van der Waals surface area contributed by atoms with Crippen molar-refractivity contribution in [3.05, 3.63) is 52.2 Å². The van der Waals surface area contributed by atoms with Crippen molar-refractivity contribution in [3.8, 4) is 5.75 Å². The number of nitrogens with zero attached hydrogens (tertiary/aromatic N) is 2. The summed E-state index contributed by atoms with van der Waals surface area (Å²) >= 11 is 1.69. The molecule has 1 unspecified atom stereocenters. The molecule has 1 amide bonds. The van der Waals surface area contributed by atoms with Gasteiger partial charge in [-0.05, 0) is 31.4 Å². The molecule has 0 bridgehead atoms. The molecule has 1 aromatic heterocycles. The van der Waals surface area contributed by atoms with Crippen molar-refractivity contribution in [2.45, 2.75) is 38.5 Å². The SMILES string of the molecule is CN(C)C(=O)CN=C(NCc1cccs1)NC1CC(C)(C)Oc2ccccc21. The normalized spacial score (nSPS) is 18.0. The van der Waals surface area contributed by atoms with Crippen LogP contribution in [-0.4, -0.2) is 43.0 Å². The van der Waals surface area contributed by atoms with E-state index in [2.05, 4.69) is 41.6 Å². The summed E-state index contributed by atoms with van der Waals surface area (Å²) < 4.78 is 6.12. The van der Waals surface area contributed by atoms with E-state index < -0.39 is 0 Å². The molecule has 3 rings (SSSR count). The fraction of sp³-hybridized carbons (Fsp3) is 0.429. The van der Waals surface area contributed by atoms with Gasteiger partial charge in [0.15, 0.2) is 5.96 Å². The van der Waals surface area contributed by atoms with E-state index in [1.807, 2.05) is 29.6 Å². The van der Waals surface area contributed by atoms with Crippen LogP contribution in [0, 0.1) is 0 Å². The van der Waals surface area contributed by atoms with Gasteiger partial charge in [0.25, 0.3) is 0 Å². The second-order valence-corrected chi connectivity index (χ2v) is 8.72. The first kappa shape index (κ1) is 20.2. The van der Waals surface area contributed by atoms with Crippen LogP contribution >= 0.6 is 11.3 Å². The van der Waals surface area contributed by atoms with Crippen LogP contribution in [0.2, 0.25) is 0 Å². The number of guanidine groups is 1. The Morgan fingerprint density at radius 2 is 2.07 bits per heavy atom. The van der Waals surface area contributed by atoms with E-state index in [1.165, 1.54) is 4.88 Å². The number of hydrogen-bond acceptors (Lipinski definition) is 4. The highest BCUT2D eigenvalue weighted by molar-refractivity contribution is 7.09. The van der Waals surface area contributed by atoms with Gasteiger partial charge in [0.2, 0.25) is 5.91 Å². The summed E-state index contributed by atoms with van der Waals surface area (Å²) in [5, 5.41) is 8.93. The number of likely N-dealkylation sites (N-methyl/N-ethyl adjacent to an activating group) is 1. The molecule has 1 aromatic carbocycles. The minimum absolute atomic E-state index is 0.0371. The van der Waals surface area contributed by atoms with Crippen molar-refractivity contribution in [1.82, 2.24) is 15.5 Å². The number of benzene rings is 1. The maximum atomic E-state index is 12.0. The van der Waals surface area contributed by atoms with Crippen LogP contribution in [-0.2, 0) is 11.3 Å². The molecule has 2 N–H and O–H groups in total. The average Bonchev–Trinajstić information content (AvgIpc) is 3.16. The fourth-order valence-electron chi connectivity index (χ4n) is 3.12. The monoisotopic (exact) mass is 400 g/mol. The van der Waals surface area contributed by atoms with Crippen molar-refractivity contribution >= 4 is 23.2 Å². The van der Waals surface area contributed by atoms with E-state index >= 15 is 0 Å². The zero-order valence-corrected chi connectivity index (χ0v) is 17.7. The van der Waals surface area contributed by atoms with Crippen molar-refractivity contribution in [3.63, 3.8) is 0 Å². The van der Waals surface area contributed by atoms with Crippen molar-refractivity contribution in [2.24, 2.45) is 4.99 Å². The van der Waals surface area contributed by atoms with Gasteiger partial charge in [-0.25, -0.2) is 4.99 Å². The van der Waals surface area contributed by atoms with Crippen LogP contribution in [0.3, 0.4) is 0 Å². The molecular formula is C21H28N4O2S. The van der Waals surface area contributed by atoms with Gasteiger partial charge in [-0.2, -0.15) is 0 Å². The Bertz CT molecular complexity index is 831. The van der Waals surface area contributed by atoms with E-state index in [9.17, 15) is 4.79 Å². The second-order valence-electron chi connectivity index (χ2n) is 7.69. The van der Waals surface area contributed by atoms with Gasteiger partial charge in [-0.15, -0.1) is 11.3 Å². The molecule has 6 nitrogen and oxygen atoms in total. The highest BCUT2D eigenvalue weighted by atomic mass is 32.1. The van der Waals surface area contributed by atoms with Gasteiger partial charge in [0.1, 0.15) is 17.9 Å². The Morgan fingerprint density at radius 3 is 2.79 bits per heavy atom. The lowest BCUT2D eigenvalue weighted by Crippen LogP contribution is -2.45. The first-order valence-electron chi connectivity index (χ1n) is 9.39. The molecule has 0 fully saturated rings. The molecular weight excluding hydrogens is 372 g/mol. The number of para-hydroxylation sites is 1. The number of ether oxygens (including phenoxy) is 1. The largest absolute Gasteiger partial charge is 0.487 e. The van der Waals surface area contributed by atoms with Crippen LogP contribution in [0.25, 0.3) is 0 Å². The maximum Gasteiger partial charge on any atom is 0.243 e. The lowest BCUT2D eigenvalue weighted by molar-refractivity contribution is -0.127. The van der Waals surface area contributed by atoms with Gasteiger partial charge < -0.3 is 20.3 Å². The summed E-state index contributed by atoms with van der Waals surface area (Å²) in [6, 6.07) is 12.2. The maximum absolute atomic E-state index is 12.0. The first-order valence-corrected chi connectivity index (χ1v) is 10.3. The predicted octanol–water partition coefficient (Wildman–Crippen LogP) is 3.17. The van der Waals surface area contributed by atoms with Gasteiger partial charge >= 0.3 is 0 Å². The molecule has 28 heavy (non-hydrogen) atoms. The van der Waals surface area contributed by atoms with E-state index in [4.69, 9.17) is 4.74 Å². The molecule has 2 aromatic rings.